The molecule has 2 aliphatic carbocycles. The first kappa shape index (κ1) is 16.5. The maximum Gasteiger partial charge on any atom is 0.334 e. The van der Waals surface area contributed by atoms with Crippen LogP contribution in [0.3, 0.4) is 0 Å². The van der Waals surface area contributed by atoms with Crippen LogP contribution in [0.5, 0.6) is 0 Å². The fraction of sp³-hybridized carbons (Fsp3) is 0.765. The molecule has 0 unspecified atom stereocenters. The summed E-state index contributed by atoms with van der Waals surface area (Å²) in [7, 11) is 0. The Labute approximate surface area is 135 Å². The van der Waals surface area contributed by atoms with Crippen LogP contribution in [-0.4, -0.2) is 46.6 Å². The van der Waals surface area contributed by atoms with Crippen molar-refractivity contribution in [3.05, 3.63) is 12.2 Å². The molecule has 0 bridgehead atoms. The van der Waals surface area contributed by atoms with Crippen molar-refractivity contribution < 1.29 is 29.3 Å². The van der Waals surface area contributed by atoms with Crippen molar-refractivity contribution in [3.8, 4) is 0 Å². The summed E-state index contributed by atoms with van der Waals surface area (Å²) in [5.74, 6) is -1.57. The first-order valence-electron chi connectivity index (χ1n) is 8.11. The summed E-state index contributed by atoms with van der Waals surface area (Å²) >= 11 is 0. The Kier molecular flexibility index (Phi) is 3.80. The van der Waals surface area contributed by atoms with Gasteiger partial charge in [-0.3, -0.25) is 4.79 Å². The van der Waals surface area contributed by atoms with E-state index < -0.39 is 47.7 Å². The van der Waals surface area contributed by atoms with E-state index in [2.05, 4.69) is 6.58 Å². The molecule has 6 heteroatoms. The van der Waals surface area contributed by atoms with E-state index in [9.17, 15) is 19.8 Å². The molecule has 0 aromatic rings. The van der Waals surface area contributed by atoms with Crippen molar-refractivity contribution >= 4 is 11.9 Å². The van der Waals surface area contributed by atoms with Gasteiger partial charge in [-0.2, -0.15) is 0 Å². The Bertz CT molecular complexity index is 557. The minimum Gasteiger partial charge on any atom is -0.462 e. The Balaban J connectivity index is 2.02. The number of aliphatic hydroxyl groups is 2. The van der Waals surface area contributed by atoms with Crippen LogP contribution in [0.1, 0.15) is 33.6 Å². The number of hydrogen-bond acceptors (Lipinski definition) is 6. The van der Waals surface area contributed by atoms with Gasteiger partial charge in [-0.15, -0.1) is 0 Å². The molecule has 3 fully saturated rings. The van der Waals surface area contributed by atoms with Crippen LogP contribution in [-0.2, 0) is 19.1 Å². The highest BCUT2D eigenvalue weighted by Crippen LogP contribution is 2.57. The molecule has 23 heavy (non-hydrogen) atoms. The van der Waals surface area contributed by atoms with Crippen molar-refractivity contribution in [1.82, 2.24) is 0 Å². The number of aliphatic hydroxyl groups excluding tert-OH is 2. The molecule has 0 radical (unpaired) electrons. The summed E-state index contributed by atoms with van der Waals surface area (Å²) in [6.07, 6.45) is -1.83. The van der Waals surface area contributed by atoms with E-state index in [0.29, 0.717) is 12.8 Å². The molecule has 6 nitrogen and oxygen atoms in total. The van der Waals surface area contributed by atoms with Crippen molar-refractivity contribution in [2.45, 2.75) is 58.0 Å². The van der Waals surface area contributed by atoms with Gasteiger partial charge < -0.3 is 19.7 Å². The van der Waals surface area contributed by atoms with Gasteiger partial charge in [0.2, 0.25) is 0 Å². The van der Waals surface area contributed by atoms with Crippen molar-refractivity contribution in [3.63, 3.8) is 0 Å². The van der Waals surface area contributed by atoms with E-state index in [4.69, 9.17) is 9.47 Å². The minimum atomic E-state index is -0.975. The van der Waals surface area contributed by atoms with Crippen LogP contribution in [0.2, 0.25) is 0 Å². The van der Waals surface area contributed by atoms with Gasteiger partial charge in [0.05, 0.1) is 18.1 Å². The standard InChI is InChI=1S/C17H24O6/c1-7-5-10-13(8(2)16(21)23-10)15(20)17(4)12(19)6-11(14(7)17)22-9(3)18/h7,10-15,19-20H,2,5-6H2,1,3-4H3/t7-,10-,11+,12+,13+,14-,15+,17-/m1/s1. The largest absolute Gasteiger partial charge is 0.462 e. The maximum atomic E-state index is 11.8. The van der Waals surface area contributed by atoms with E-state index in [-0.39, 0.29) is 17.4 Å². The quantitative estimate of drug-likeness (QED) is 0.547. The Morgan fingerprint density at radius 2 is 2.04 bits per heavy atom. The summed E-state index contributed by atoms with van der Waals surface area (Å²) < 4.78 is 10.8. The highest BCUT2D eigenvalue weighted by atomic mass is 16.6. The topological polar surface area (TPSA) is 93.1 Å². The third kappa shape index (κ3) is 2.22. The highest BCUT2D eigenvalue weighted by molar-refractivity contribution is 5.91. The van der Waals surface area contributed by atoms with Crippen LogP contribution >= 0.6 is 0 Å². The summed E-state index contributed by atoms with van der Waals surface area (Å²) in [5, 5.41) is 21.7. The molecule has 0 aromatic heterocycles. The monoisotopic (exact) mass is 324 g/mol. The predicted molar refractivity (Wildman–Crippen MR) is 80.1 cm³/mol. The number of carbonyl (C=O) groups is 2. The van der Waals surface area contributed by atoms with Crippen molar-refractivity contribution in [2.75, 3.05) is 0 Å². The second-order valence-corrected chi connectivity index (χ2v) is 7.44. The second kappa shape index (κ2) is 5.31. The lowest BCUT2D eigenvalue weighted by Crippen LogP contribution is -2.49. The Morgan fingerprint density at radius 3 is 2.65 bits per heavy atom. The number of hydrogen-bond donors (Lipinski definition) is 2. The van der Waals surface area contributed by atoms with Gasteiger partial charge in [0.1, 0.15) is 12.2 Å². The first-order chi connectivity index (χ1) is 10.7. The zero-order valence-corrected chi connectivity index (χ0v) is 13.7. The lowest BCUT2D eigenvalue weighted by Gasteiger charge is -2.41. The number of ether oxygens (including phenoxy) is 2. The molecule has 2 saturated carbocycles. The fourth-order valence-electron chi connectivity index (χ4n) is 5.09. The first-order valence-corrected chi connectivity index (χ1v) is 8.11. The van der Waals surface area contributed by atoms with Crippen LogP contribution in [0, 0.1) is 23.2 Å². The molecule has 128 valence electrons. The van der Waals surface area contributed by atoms with E-state index >= 15 is 0 Å². The third-order valence-electron chi connectivity index (χ3n) is 6.13. The van der Waals surface area contributed by atoms with Gasteiger partial charge in [0.15, 0.2) is 0 Å². The molecular formula is C17H24O6. The molecule has 2 N–H and O–H groups in total. The molecule has 8 atom stereocenters. The minimum absolute atomic E-state index is 0.0184. The lowest BCUT2D eigenvalue weighted by atomic mass is 9.67. The molecular weight excluding hydrogens is 300 g/mol. The summed E-state index contributed by atoms with van der Waals surface area (Å²) in [4.78, 5) is 23.2. The SMILES string of the molecule is C=C1C(=O)O[C@@H]2C[C@@H](C)[C@@H]3[C@@H](OC(C)=O)C[C@H](O)[C@@]3(C)[C@@H](O)[C@@H]12. The highest BCUT2D eigenvalue weighted by Gasteiger charge is 2.64. The van der Waals surface area contributed by atoms with Crippen LogP contribution in [0.25, 0.3) is 0 Å². The average Bonchev–Trinajstić information content (AvgIpc) is 2.81. The van der Waals surface area contributed by atoms with Crippen molar-refractivity contribution in [1.29, 1.82) is 0 Å². The smallest absolute Gasteiger partial charge is 0.334 e. The lowest BCUT2D eigenvalue weighted by molar-refractivity contribution is -0.152. The number of fused-ring (bicyclic) bond motifs is 2. The number of esters is 2. The van der Waals surface area contributed by atoms with Gasteiger partial charge >= 0.3 is 11.9 Å². The summed E-state index contributed by atoms with van der Waals surface area (Å²) in [6, 6.07) is 0. The van der Waals surface area contributed by atoms with Gasteiger partial charge in [-0.1, -0.05) is 20.4 Å². The molecule has 0 aromatic carbocycles. The zero-order chi connectivity index (χ0) is 17.1. The van der Waals surface area contributed by atoms with E-state index in [1.807, 2.05) is 13.8 Å². The molecule has 0 spiro atoms. The average molecular weight is 324 g/mol. The van der Waals surface area contributed by atoms with E-state index in [1.165, 1.54) is 6.92 Å². The molecule has 1 aliphatic heterocycles. The van der Waals surface area contributed by atoms with E-state index in [0.717, 1.165) is 0 Å². The predicted octanol–water partition coefficient (Wildman–Crippen LogP) is 0.804. The third-order valence-corrected chi connectivity index (χ3v) is 6.13. The number of rotatable bonds is 1. The van der Waals surface area contributed by atoms with Crippen LogP contribution in [0.15, 0.2) is 12.2 Å². The van der Waals surface area contributed by atoms with Gasteiger partial charge in [0.25, 0.3) is 0 Å². The fourth-order valence-corrected chi connectivity index (χ4v) is 5.09. The van der Waals surface area contributed by atoms with Crippen LogP contribution < -0.4 is 0 Å². The maximum absolute atomic E-state index is 11.8. The Morgan fingerprint density at radius 1 is 1.39 bits per heavy atom. The number of carbonyl (C=O) groups excluding carboxylic acids is 2. The molecule has 0 amide bonds. The summed E-state index contributed by atoms with van der Waals surface area (Å²) in [6.45, 7) is 8.92. The molecule has 3 aliphatic rings. The van der Waals surface area contributed by atoms with Gasteiger partial charge in [-0.25, -0.2) is 4.79 Å². The Hall–Kier alpha value is -1.40. The summed E-state index contributed by atoms with van der Waals surface area (Å²) in [5.41, 5.74) is -0.615. The van der Waals surface area contributed by atoms with Crippen LogP contribution in [0.4, 0.5) is 0 Å². The molecule has 1 heterocycles. The zero-order valence-electron chi connectivity index (χ0n) is 13.7. The second-order valence-electron chi connectivity index (χ2n) is 7.44. The van der Waals surface area contributed by atoms with Gasteiger partial charge in [0, 0.05) is 30.3 Å². The normalized spacial score (nSPS) is 49.2. The molecule has 1 saturated heterocycles. The van der Waals surface area contributed by atoms with Crippen molar-refractivity contribution in [2.24, 2.45) is 23.2 Å². The van der Waals surface area contributed by atoms with E-state index in [1.54, 1.807) is 0 Å². The van der Waals surface area contributed by atoms with Gasteiger partial charge in [-0.05, 0) is 12.3 Å². The molecule has 3 rings (SSSR count).